The summed E-state index contributed by atoms with van der Waals surface area (Å²) in [6.07, 6.45) is 5.99. The van der Waals surface area contributed by atoms with E-state index >= 15 is 0 Å². The summed E-state index contributed by atoms with van der Waals surface area (Å²) in [5, 5.41) is 8.12. The molecule has 1 aliphatic carbocycles. The van der Waals surface area contributed by atoms with E-state index in [1.807, 2.05) is 17.9 Å². The van der Waals surface area contributed by atoms with Crippen LogP contribution in [0.5, 0.6) is 0 Å². The van der Waals surface area contributed by atoms with Gasteiger partial charge in [-0.15, -0.1) is 0 Å². The topological polar surface area (TPSA) is 29.9 Å². The van der Waals surface area contributed by atoms with Crippen LogP contribution in [0, 0.1) is 18.8 Å². The van der Waals surface area contributed by atoms with Gasteiger partial charge in [0, 0.05) is 30.4 Å². The lowest BCUT2D eigenvalue weighted by Gasteiger charge is -2.34. The molecule has 1 aromatic heterocycles. The highest BCUT2D eigenvalue weighted by Gasteiger charge is 2.26. The van der Waals surface area contributed by atoms with Crippen molar-refractivity contribution in [3.8, 4) is 0 Å². The van der Waals surface area contributed by atoms with Crippen LogP contribution in [-0.2, 0) is 7.05 Å². The van der Waals surface area contributed by atoms with Crippen molar-refractivity contribution in [2.75, 3.05) is 0 Å². The SMILES string of the molecule is Cc1c(C(C)NC2CCC(C)C(C)C2)cnn1C. The lowest BCUT2D eigenvalue weighted by atomic mass is 9.79. The quantitative estimate of drug-likeness (QED) is 0.891. The second kappa shape index (κ2) is 5.43. The van der Waals surface area contributed by atoms with Crippen molar-refractivity contribution in [2.45, 2.75) is 59.0 Å². The molecule has 4 atom stereocenters. The van der Waals surface area contributed by atoms with Crippen LogP contribution in [0.15, 0.2) is 6.20 Å². The van der Waals surface area contributed by atoms with Crippen LogP contribution in [0.2, 0.25) is 0 Å². The minimum absolute atomic E-state index is 0.407. The zero-order valence-corrected chi connectivity index (χ0v) is 12.4. The van der Waals surface area contributed by atoms with Gasteiger partial charge in [0.05, 0.1) is 6.20 Å². The number of hydrogen-bond acceptors (Lipinski definition) is 2. The molecule has 3 heteroatoms. The molecule has 0 aromatic carbocycles. The predicted octanol–water partition coefficient (Wildman–Crippen LogP) is 3.20. The predicted molar refractivity (Wildman–Crippen MR) is 75.5 cm³/mol. The van der Waals surface area contributed by atoms with E-state index in [0.717, 1.165) is 11.8 Å². The van der Waals surface area contributed by atoms with Gasteiger partial charge in [-0.3, -0.25) is 4.68 Å². The summed E-state index contributed by atoms with van der Waals surface area (Å²) in [7, 11) is 2.01. The van der Waals surface area contributed by atoms with Crippen LogP contribution >= 0.6 is 0 Å². The van der Waals surface area contributed by atoms with Crippen LogP contribution in [0.25, 0.3) is 0 Å². The van der Waals surface area contributed by atoms with Crippen molar-refractivity contribution >= 4 is 0 Å². The molecule has 18 heavy (non-hydrogen) atoms. The number of hydrogen-bond donors (Lipinski definition) is 1. The molecule has 1 aliphatic rings. The number of nitrogens with one attached hydrogen (secondary N) is 1. The van der Waals surface area contributed by atoms with Gasteiger partial charge >= 0.3 is 0 Å². The molecule has 102 valence electrons. The molecule has 0 amide bonds. The van der Waals surface area contributed by atoms with Crippen LogP contribution < -0.4 is 5.32 Å². The van der Waals surface area contributed by atoms with E-state index in [0.29, 0.717) is 12.1 Å². The maximum Gasteiger partial charge on any atom is 0.0540 e. The fourth-order valence-electron chi connectivity index (χ4n) is 3.08. The average Bonchev–Trinajstić information content (AvgIpc) is 2.65. The molecule has 1 heterocycles. The second-order valence-electron chi connectivity index (χ2n) is 6.16. The molecule has 0 spiro atoms. The van der Waals surface area contributed by atoms with Crippen LogP contribution in [-0.4, -0.2) is 15.8 Å². The van der Waals surface area contributed by atoms with Crippen molar-refractivity contribution in [1.82, 2.24) is 15.1 Å². The van der Waals surface area contributed by atoms with Crippen molar-refractivity contribution in [2.24, 2.45) is 18.9 Å². The smallest absolute Gasteiger partial charge is 0.0540 e. The Hall–Kier alpha value is -0.830. The lowest BCUT2D eigenvalue weighted by molar-refractivity contribution is 0.217. The van der Waals surface area contributed by atoms with Crippen molar-refractivity contribution in [3.05, 3.63) is 17.5 Å². The van der Waals surface area contributed by atoms with Crippen molar-refractivity contribution in [1.29, 1.82) is 0 Å². The molecule has 3 nitrogen and oxygen atoms in total. The maximum absolute atomic E-state index is 4.33. The number of rotatable bonds is 3. The number of aryl methyl sites for hydroxylation is 1. The fraction of sp³-hybridized carbons (Fsp3) is 0.800. The highest BCUT2D eigenvalue weighted by atomic mass is 15.3. The Morgan fingerprint density at radius 1 is 1.33 bits per heavy atom. The molecule has 1 N–H and O–H groups in total. The van der Waals surface area contributed by atoms with Gasteiger partial charge in [-0.1, -0.05) is 13.8 Å². The largest absolute Gasteiger partial charge is 0.307 e. The van der Waals surface area contributed by atoms with E-state index < -0.39 is 0 Å². The summed E-state index contributed by atoms with van der Waals surface area (Å²) >= 11 is 0. The van der Waals surface area contributed by atoms with Gasteiger partial charge in [-0.2, -0.15) is 5.10 Å². The highest BCUT2D eigenvalue weighted by molar-refractivity contribution is 5.19. The van der Waals surface area contributed by atoms with Gasteiger partial charge in [-0.05, 0) is 44.9 Å². The van der Waals surface area contributed by atoms with Gasteiger partial charge < -0.3 is 5.32 Å². The Morgan fingerprint density at radius 3 is 2.61 bits per heavy atom. The summed E-state index contributed by atoms with van der Waals surface area (Å²) < 4.78 is 1.96. The van der Waals surface area contributed by atoms with E-state index in [1.54, 1.807) is 0 Å². The number of nitrogens with zero attached hydrogens (tertiary/aromatic N) is 2. The lowest BCUT2D eigenvalue weighted by Crippen LogP contribution is -2.37. The third kappa shape index (κ3) is 2.77. The molecule has 2 rings (SSSR count). The van der Waals surface area contributed by atoms with E-state index in [9.17, 15) is 0 Å². The first-order valence-corrected chi connectivity index (χ1v) is 7.23. The normalized spacial score (nSPS) is 30.4. The van der Waals surface area contributed by atoms with E-state index in [-0.39, 0.29) is 0 Å². The zero-order valence-electron chi connectivity index (χ0n) is 12.4. The summed E-state index contributed by atoms with van der Waals surface area (Å²) in [4.78, 5) is 0. The van der Waals surface area contributed by atoms with Gasteiger partial charge in [0.2, 0.25) is 0 Å². The first-order valence-electron chi connectivity index (χ1n) is 7.23. The Morgan fingerprint density at radius 2 is 2.06 bits per heavy atom. The molecule has 1 saturated carbocycles. The van der Waals surface area contributed by atoms with E-state index in [2.05, 4.69) is 38.1 Å². The third-order valence-corrected chi connectivity index (χ3v) is 4.82. The first-order chi connectivity index (χ1) is 8.49. The molecule has 0 saturated heterocycles. The molecular weight excluding hydrogens is 222 g/mol. The van der Waals surface area contributed by atoms with Crippen molar-refractivity contribution in [3.63, 3.8) is 0 Å². The monoisotopic (exact) mass is 249 g/mol. The molecule has 0 radical (unpaired) electrons. The Balaban J connectivity index is 1.95. The average molecular weight is 249 g/mol. The molecule has 0 aliphatic heterocycles. The molecule has 1 aromatic rings. The fourth-order valence-corrected chi connectivity index (χ4v) is 3.08. The molecule has 0 bridgehead atoms. The minimum atomic E-state index is 0.407. The third-order valence-electron chi connectivity index (χ3n) is 4.82. The number of aromatic nitrogens is 2. The molecular formula is C15H27N3. The Kier molecular flexibility index (Phi) is 4.10. The summed E-state index contributed by atoms with van der Waals surface area (Å²) in [5.41, 5.74) is 2.61. The minimum Gasteiger partial charge on any atom is -0.307 e. The molecule has 1 fully saturated rings. The summed E-state index contributed by atoms with van der Waals surface area (Å²) in [5.74, 6) is 1.73. The summed E-state index contributed by atoms with van der Waals surface area (Å²) in [6.45, 7) is 9.17. The van der Waals surface area contributed by atoms with Gasteiger partial charge in [0.25, 0.3) is 0 Å². The summed E-state index contributed by atoms with van der Waals surface area (Å²) in [6, 6.07) is 1.08. The van der Waals surface area contributed by atoms with Crippen molar-refractivity contribution < 1.29 is 0 Å². The second-order valence-corrected chi connectivity index (χ2v) is 6.16. The zero-order chi connectivity index (χ0) is 13.3. The van der Waals surface area contributed by atoms with Crippen LogP contribution in [0.3, 0.4) is 0 Å². The van der Waals surface area contributed by atoms with E-state index in [4.69, 9.17) is 0 Å². The van der Waals surface area contributed by atoms with E-state index in [1.165, 1.54) is 30.5 Å². The standard InChI is InChI=1S/C15H27N3/c1-10-6-7-14(8-11(10)2)17-12(3)15-9-16-18(5)13(15)4/h9-12,14,17H,6-8H2,1-5H3. The van der Waals surface area contributed by atoms with Gasteiger partial charge in [0.15, 0.2) is 0 Å². The van der Waals surface area contributed by atoms with Crippen LogP contribution in [0.1, 0.15) is 57.3 Å². The first kappa shape index (κ1) is 13.6. The molecule has 4 unspecified atom stereocenters. The van der Waals surface area contributed by atoms with Gasteiger partial charge in [-0.25, -0.2) is 0 Å². The Labute approximate surface area is 111 Å². The van der Waals surface area contributed by atoms with Crippen LogP contribution in [0.4, 0.5) is 0 Å². The maximum atomic E-state index is 4.33. The Bertz CT molecular complexity index is 396. The highest BCUT2D eigenvalue weighted by Crippen LogP contribution is 2.30. The van der Waals surface area contributed by atoms with Gasteiger partial charge in [0.1, 0.15) is 0 Å².